The smallest absolute Gasteiger partial charge is 0.241 e. The van der Waals surface area contributed by atoms with Crippen molar-refractivity contribution >= 4 is 21.6 Å². The quantitative estimate of drug-likeness (QED) is 0.649. The molecule has 5 nitrogen and oxygen atoms in total. The Morgan fingerprint density at radius 2 is 1.60 bits per heavy atom. The minimum absolute atomic E-state index is 0.0460. The van der Waals surface area contributed by atoms with E-state index in [1.54, 1.807) is 49.4 Å². The number of carbonyl (C=O) groups is 1. The van der Waals surface area contributed by atoms with Gasteiger partial charge in [-0.1, -0.05) is 54.1 Å². The van der Waals surface area contributed by atoms with Gasteiger partial charge in [-0.3, -0.25) is 4.79 Å². The molecule has 3 aromatic carbocycles. The number of halogens is 1. The number of sulfonamides is 1. The van der Waals surface area contributed by atoms with E-state index in [9.17, 15) is 17.6 Å². The summed E-state index contributed by atoms with van der Waals surface area (Å²) in [5.41, 5.74) is 0.852. The first-order valence-corrected chi connectivity index (χ1v) is 11.0. The molecule has 0 unspecified atom stereocenters. The highest BCUT2D eigenvalue weighted by Crippen LogP contribution is 2.46. The Labute approximate surface area is 175 Å². The molecule has 4 rings (SSSR count). The zero-order chi connectivity index (χ0) is 21.5. The first kappa shape index (κ1) is 20.3. The minimum Gasteiger partial charge on any atom is -0.325 e. The molecule has 0 fully saturated rings. The zero-order valence-corrected chi connectivity index (χ0v) is 17.3. The van der Waals surface area contributed by atoms with E-state index < -0.39 is 33.2 Å². The topological polar surface area (TPSA) is 75.3 Å². The highest BCUT2D eigenvalue weighted by molar-refractivity contribution is 7.89. The molecule has 30 heavy (non-hydrogen) atoms. The Bertz CT molecular complexity index is 1230. The summed E-state index contributed by atoms with van der Waals surface area (Å²) in [7, 11) is -4.04. The maximum Gasteiger partial charge on any atom is 0.241 e. The molecular formula is C23H21FN2O3S. The summed E-state index contributed by atoms with van der Waals surface area (Å²) >= 11 is 0. The van der Waals surface area contributed by atoms with Gasteiger partial charge in [0.2, 0.25) is 15.9 Å². The Morgan fingerprint density at radius 1 is 0.967 bits per heavy atom. The van der Waals surface area contributed by atoms with Crippen LogP contribution < -0.4 is 10.0 Å². The van der Waals surface area contributed by atoms with Crippen LogP contribution in [0.1, 0.15) is 29.7 Å². The van der Waals surface area contributed by atoms with Crippen LogP contribution in [0.2, 0.25) is 0 Å². The number of carbonyl (C=O) groups excluding carboxylic acids is 1. The number of anilines is 1. The molecule has 0 aliphatic carbocycles. The third-order valence-corrected chi connectivity index (χ3v) is 7.04. The lowest BCUT2D eigenvalue weighted by atomic mass is 9.74. The highest BCUT2D eigenvalue weighted by Gasteiger charge is 2.51. The largest absolute Gasteiger partial charge is 0.325 e. The van der Waals surface area contributed by atoms with Crippen LogP contribution in [-0.4, -0.2) is 14.3 Å². The first-order chi connectivity index (χ1) is 14.2. The molecular weight excluding hydrogens is 403 g/mol. The lowest BCUT2D eigenvalue weighted by Crippen LogP contribution is -2.46. The predicted molar refractivity (Wildman–Crippen MR) is 113 cm³/mol. The summed E-state index contributed by atoms with van der Waals surface area (Å²) < 4.78 is 43.8. The second kappa shape index (κ2) is 7.34. The van der Waals surface area contributed by atoms with E-state index in [1.807, 2.05) is 6.92 Å². The van der Waals surface area contributed by atoms with Gasteiger partial charge in [0.25, 0.3) is 0 Å². The van der Waals surface area contributed by atoms with Gasteiger partial charge in [-0.2, -0.15) is 0 Å². The van der Waals surface area contributed by atoms with E-state index >= 15 is 0 Å². The highest BCUT2D eigenvalue weighted by atomic mass is 32.2. The molecule has 1 aliphatic heterocycles. The molecule has 7 heteroatoms. The summed E-state index contributed by atoms with van der Waals surface area (Å²) in [4.78, 5) is 13.1. The number of amides is 1. The second-order valence-electron chi connectivity index (χ2n) is 7.59. The third-order valence-electron chi connectivity index (χ3n) is 5.60. The minimum atomic E-state index is -4.04. The van der Waals surface area contributed by atoms with Crippen LogP contribution in [0.5, 0.6) is 0 Å². The van der Waals surface area contributed by atoms with Crippen molar-refractivity contribution in [2.45, 2.75) is 30.2 Å². The van der Waals surface area contributed by atoms with Crippen molar-refractivity contribution in [2.24, 2.45) is 0 Å². The number of hydrogen-bond donors (Lipinski definition) is 2. The van der Waals surface area contributed by atoms with E-state index in [4.69, 9.17) is 0 Å². The van der Waals surface area contributed by atoms with Crippen molar-refractivity contribution in [2.75, 3.05) is 5.32 Å². The second-order valence-corrected chi connectivity index (χ2v) is 9.30. The number of nitrogens with one attached hydrogen (secondary N) is 2. The van der Waals surface area contributed by atoms with Crippen LogP contribution in [0.25, 0.3) is 0 Å². The van der Waals surface area contributed by atoms with Crippen LogP contribution >= 0.6 is 0 Å². The van der Waals surface area contributed by atoms with Crippen LogP contribution in [0.3, 0.4) is 0 Å². The number of para-hydroxylation sites is 1. The van der Waals surface area contributed by atoms with Crippen molar-refractivity contribution < 1.29 is 17.6 Å². The van der Waals surface area contributed by atoms with Crippen molar-refractivity contribution in [1.29, 1.82) is 0 Å². The van der Waals surface area contributed by atoms with Gasteiger partial charge in [0, 0.05) is 11.3 Å². The molecule has 2 atom stereocenters. The lowest BCUT2D eigenvalue weighted by molar-refractivity contribution is -0.121. The molecule has 0 bridgehead atoms. The number of fused-ring (bicyclic) bond motifs is 1. The maximum absolute atomic E-state index is 14.8. The van der Waals surface area contributed by atoms with Crippen molar-refractivity contribution in [3.8, 4) is 0 Å². The van der Waals surface area contributed by atoms with Gasteiger partial charge in [0.1, 0.15) is 5.82 Å². The standard InChI is InChI=1S/C23H21FN2O3S/c1-15-11-13-16(14-12-15)30(28,29)26-21(17-7-3-5-9-19(17)24)23(2)18-8-4-6-10-20(18)25-22(23)27/h3-14,21,26H,1-2H3,(H,25,27)/t21-,23-/m1/s1. The Kier molecular flexibility index (Phi) is 4.95. The average Bonchev–Trinajstić information content (AvgIpc) is 2.98. The van der Waals surface area contributed by atoms with Gasteiger partial charge in [-0.05, 0) is 43.7 Å². The fourth-order valence-corrected chi connectivity index (χ4v) is 5.15. The van der Waals surface area contributed by atoms with Gasteiger partial charge in [0.15, 0.2) is 0 Å². The maximum atomic E-state index is 14.8. The molecule has 3 aromatic rings. The monoisotopic (exact) mass is 424 g/mol. The Hall–Kier alpha value is -3.03. The molecule has 0 saturated heterocycles. The van der Waals surface area contributed by atoms with E-state index in [2.05, 4.69) is 10.0 Å². The summed E-state index contributed by atoms with van der Waals surface area (Å²) in [5.74, 6) is -0.990. The molecule has 1 heterocycles. The molecule has 0 radical (unpaired) electrons. The van der Waals surface area contributed by atoms with Crippen LogP contribution in [0, 0.1) is 12.7 Å². The fourth-order valence-electron chi connectivity index (χ4n) is 3.85. The van der Waals surface area contributed by atoms with E-state index in [-0.39, 0.29) is 10.5 Å². The van der Waals surface area contributed by atoms with E-state index in [0.29, 0.717) is 11.3 Å². The van der Waals surface area contributed by atoms with Crippen molar-refractivity contribution in [3.63, 3.8) is 0 Å². The van der Waals surface area contributed by atoms with Gasteiger partial charge in [-0.25, -0.2) is 17.5 Å². The third kappa shape index (κ3) is 3.30. The molecule has 1 amide bonds. The summed E-state index contributed by atoms with van der Waals surface area (Å²) in [6.07, 6.45) is 0. The van der Waals surface area contributed by atoms with Gasteiger partial charge >= 0.3 is 0 Å². The van der Waals surface area contributed by atoms with Gasteiger partial charge in [0.05, 0.1) is 16.4 Å². The van der Waals surface area contributed by atoms with Crippen LogP contribution in [0.4, 0.5) is 10.1 Å². The Morgan fingerprint density at radius 3 is 2.30 bits per heavy atom. The number of hydrogen-bond acceptors (Lipinski definition) is 3. The lowest BCUT2D eigenvalue weighted by Gasteiger charge is -2.33. The van der Waals surface area contributed by atoms with Crippen LogP contribution in [-0.2, 0) is 20.2 Å². The molecule has 0 saturated carbocycles. The van der Waals surface area contributed by atoms with E-state index in [1.165, 1.54) is 30.3 Å². The molecule has 154 valence electrons. The molecule has 1 aliphatic rings. The summed E-state index contributed by atoms with van der Waals surface area (Å²) in [5, 5.41) is 2.79. The molecule has 0 aromatic heterocycles. The fraction of sp³-hybridized carbons (Fsp3) is 0.174. The van der Waals surface area contributed by atoms with Gasteiger partial charge < -0.3 is 5.32 Å². The molecule has 2 N–H and O–H groups in total. The number of rotatable bonds is 5. The SMILES string of the molecule is Cc1ccc(S(=O)(=O)N[C@H](c2ccccc2F)[C@]2(C)C(=O)Nc3ccccc32)cc1. The summed E-state index contributed by atoms with van der Waals surface area (Å²) in [6.45, 7) is 3.48. The van der Waals surface area contributed by atoms with Crippen LogP contribution in [0.15, 0.2) is 77.7 Å². The normalized spacial score (nSPS) is 19.2. The number of benzene rings is 3. The number of aryl methyl sites for hydroxylation is 1. The van der Waals surface area contributed by atoms with Gasteiger partial charge in [-0.15, -0.1) is 0 Å². The zero-order valence-electron chi connectivity index (χ0n) is 16.5. The first-order valence-electron chi connectivity index (χ1n) is 9.48. The van der Waals surface area contributed by atoms with Crippen molar-refractivity contribution in [3.05, 3.63) is 95.3 Å². The average molecular weight is 424 g/mol. The van der Waals surface area contributed by atoms with E-state index in [0.717, 1.165) is 5.56 Å². The predicted octanol–water partition coefficient (Wildman–Crippen LogP) is 4.06. The summed E-state index contributed by atoms with van der Waals surface area (Å²) in [6, 6.07) is 18.1. The Balaban J connectivity index is 1.88. The molecule has 0 spiro atoms. The van der Waals surface area contributed by atoms with Crippen molar-refractivity contribution in [1.82, 2.24) is 4.72 Å².